The molecule has 0 radical (unpaired) electrons. The van der Waals surface area contributed by atoms with Crippen molar-refractivity contribution in [1.82, 2.24) is 9.55 Å². The number of hydrogen-bond donors (Lipinski definition) is 1. The van der Waals surface area contributed by atoms with Gasteiger partial charge in [0.2, 0.25) is 0 Å². The van der Waals surface area contributed by atoms with E-state index in [1.165, 1.54) is 25.7 Å². The minimum absolute atomic E-state index is 0.194. The summed E-state index contributed by atoms with van der Waals surface area (Å²) in [5.41, 5.74) is 0. The monoisotopic (exact) mass is 222 g/mol. The van der Waals surface area contributed by atoms with Crippen LogP contribution in [-0.4, -0.2) is 20.8 Å². The summed E-state index contributed by atoms with van der Waals surface area (Å²) in [6, 6.07) is 0. The molecule has 3 heteroatoms. The van der Waals surface area contributed by atoms with Crippen LogP contribution >= 0.6 is 0 Å². The number of aliphatic hydroxyl groups excluding tert-OH is 1. The van der Waals surface area contributed by atoms with Crippen LogP contribution in [0.4, 0.5) is 0 Å². The second-order valence-corrected chi connectivity index (χ2v) is 4.85. The standard InChI is InChI=1S/C13H22N2O/c1-2-8-15-9-7-14-13(15)10-12(16)11-5-3-4-6-11/h7,9,11-12,16H,2-6,8,10H2,1H3. The Morgan fingerprint density at radius 3 is 2.94 bits per heavy atom. The zero-order valence-electron chi connectivity index (χ0n) is 10.1. The average molecular weight is 222 g/mol. The predicted molar refractivity (Wildman–Crippen MR) is 64.2 cm³/mol. The molecule has 1 N–H and O–H groups in total. The SMILES string of the molecule is CCCn1ccnc1CC(O)C1CCCC1. The molecule has 0 bridgehead atoms. The van der Waals surface area contributed by atoms with Crippen molar-refractivity contribution in [3.63, 3.8) is 0 Å². The van der Waals surface area contributed by atoms with Crippen LogP contribution in [0.15, 0.2) is 12.4 Å². The molecule has 1 aromatic rings. The van der Waals surface area contributed by atoms with E-state index in [9.17, 15) is 5.11 Å². The topological polar surface area (TPSA) is 38.0 Å². The number of aromatic nitrogens is 2. The molecule has 1 aliphatic rings. The highest BCUT2D eigenvalue weighted by atomic mass is 16.3. The highest BCUT2D eigenvalue weighted by Crippen LogP contribution is 2.28. The van der Waals surface area contributed by atoms with Gasteiger partial charge in [-0.25, -0.2) is 4.98 Å². The Labute approximate surface area is 97.5 Å². The van der Waals surface area contributed by atoms with E-state index in [0.717, 1.165) is 25.2 Å². The molecule has 90 valence electrons. The van der Waals surface area contributed by atoms with Crippen molar-refractivity contribution < 1.29 is 5.11 Å². The minimum Gasteiger partial charge on any atom is -0.392 e. The maximum atomic E-state index is 10.2. The highest BCUT2D eigenvalue weighted by molar-refractivity contribution is 4.95. The molecule has 1 aliphatic carbocycles. The van der Waals surface area contributed by atoms with E-state index in [2.05, 4.69) is 16.5 Å². The Morgan fingerprint density at radius 1 is 1.50 bits per heavy atom. The zero-order chi connectivity index (χ0) is 11.4. The molecule has 0 saturated heterocycles. The lowest BCUT2D eigenvalue weighted by Gasteiger charge is -2.17. The van der Waals surface area contributed by atoms with Crippen LogP contribution in [0.2, 0.25) is 0 Å². The smallest absolute Gasteiger partial charge is 0.111 e. The van der Waals surface area contributed by atoms with Gasteiger partial charge in [-0.1, -0.05) is 19.8 Å². The number of aliphatic hydroxyl groups is 1. The quantitative estimate of drug-likeness (QED) is 0.830. The van der Waals surface area contributed by atoms with E-state index in [-0.39, 0.29) is 6.10 Å². The van der Waals surface area contributed by atoms with Crippen molar-refractivity contribution in [1.29, 1.82) is 0 Å². The van der Waals surface area contributed by atoms with Crippen LogP contribution in [0.1, 0.15) is 44.9 Å². The van der Waals surface area contributed by atoms with Gasteiger partial charge < -0.3 is 9.67 Å². The van der Waals surface area contributed by atoms with Gasteiger partial charge >= 0.3 is 0 Å². The molecule has 1 saturated carbocycles. The molecule has 0 aromatic carbocycles. The van der Waals surface area contributed by atoms with Gasteiger partial charge in [-0.3, -0.25) is 0 Å². The van der Waals surface area contributed by atoms with Crippen molar-refractivity contribution in [3.05, 3.63) is 18.2 Å². The summed E-state index contributed by atoms with van der Waals surface area (Å²) in [5.74, 6) is 1.55. The Morgan fingerprint density at radius 2 is 2.25 bits per heavy atom. The van der Waals surface area contributed by atoms with Crippen molar-refractivity contribution >= 4 is 0 Å². The van der Waals surface area contributed by atoms with E-state index in [0.29, 0.717) is 5.92 Å². The molecule has 1 atom stereocenters. The fourth-order valence-corrected chi connectivity index (χ4v) is 2.67. The largest absolute Gasteiger partial charge is 0.392 e. The van der Waals surface area contributed by atoms with E-state index in [4.69, 9.17) is 0 Å². The van der Waals surface area contributed by atoms with Crippen LogP contribution in [0.25, 0.3) is 0 Å². The number of imidazole rings is 1. The van der Waals surface area contributed by atoms with Gasteiger partial charge in [0.25, 0.3) is 0 Å². The Hall–Kier alpha value is -0.830. The second kappa shape index (κ2) is 5.48. The number of rotatable bonds is 5. The van der Waals surface area contributed by atoms with Crippen LogP contribution in [0.5, 0.6) is 0 Å². The van der Waals surface area contributed by atoms with Crippen LogP contribution in [0, 0.1) is 5.92 Å². The Kier molecular flexibility index (Phi) is 3.99. The molecular formula is C13H22N2O. The molecule has 2 rings (SSSR count). The number of aryl methyl sites for hydroxylation is 1. The highest BCUT2D eigenvalue weighted by Gasteiger charge is 2.24. The third kappa shape index (κ3) is 2.64. The van der Waals surface area contributed by atoms with Gasteiger partial charge in [-0.05, 0) is 25.2 Å². The van der Waals surface area contributed by atoms with Gasteiger partial charge in [0.1, 0.15) is 5.82 Å². The third-order valence-electron chi connectivity index (χ3n) is 3.60. The summed E-state index contributed by atoms with van der Waals surface area (Å²) in [6.45, 7) is 3.17. The third-order valence-corrected chi connectivity index (χ3v) is 3.60. The number of hydrogen-bond acceptors (Lipinski definition) is 2. The second-order valence-electron chi connectivity index (χ2n) is 4.85. The average Bonchev–Trinajstić information content (AvgIpc) is 2.90. The van der Waals surface area contributed by atoms with Gasteiger partial charge in [-0.2, -0.15) is 0 Å². The van der Waals surface area contributed by atoms with Crippen LogP contribution in [0.3, 0.4) is 0 Å². The lowest BCUT2D eigenvalue weighted by Crippen LogP contribution is -2.22. The molecule has 1 unspecified atom stereocenters. The first-order chi connectivity index (χ1) is 7.81. The van der Waals surface area contributed by atoms with Crippen molar-refractivity contribution in [3.8, 4) is 0 Å². The Bertz CT molecular complexity index is 315. The zero-order valence-corrected chi connectivity index (χ0v) is 10.1. The maximum Gasteiger partial charge on any atom is 0.111 e. The summed E-state index contributed by atoms with van der Waals surface area (Å²) in [5, 5.41) is 10.2. The first-order valence-corrected chi connectivity index (χ1v) is 6.49. The lowest BCUT2D eigenvalue weighted by molar-refractivity contribution is 0.108. The molecule has 16 heavy (non-hydrogen) atoms. The predicted octanol–water partition coefficient (Wildman–Crippen LogP) is 2.39. The summed E-state index contributed by atoms with van der Waals surface area (Å²) >= 11 is 0. The molecule has 1 fully saturated rings. The van der Waals surface area contributed by atoms with Gasteiger partial charge in [0.15, 0.2) is 0 Å². The minimum atomic E-state index is -0.194. The van der Waals surface area contributed by atoms with E-state index < -0.39 is 0 Å². The summed E-state index contributed by atoms with van der Waals surface area (Å²) in [6.07, 6.45) is 10.4. The molecular weight excluding hydrogens is 200 g/mol. The fourth-order valence-electron chi connectivity index (χ4n) is 2.67. The van der Waals surface area contributed by atoms with Crippen LogP contribution < -0.4 is 0 Å². The van der Waals surface area contributed by atoms with E-state index in [1.807, 2.05) is 12.4 Å². The van der Waals surface area contributed by atoms with E-state index in [1.54, 1.807) is 0 Å². The summed E-state index contributed by atoms with van der Waals surface area (Å²) < 4.78 is 2.16. The molecule has 0 spiro atoms. The molecule has 3 nitrogen and oxygen atoms in total. The summed E-state index contributed by atoms with van der Waals surface area (Å²) in [4.78, 5) is 4.35. The van der Waals surface area contributed by atoms with Gasteiger partial charge in [0, 0.05) is 25.4 Å². The fraction of sp³-hybridized carbons (Fsp3) is 0.769. The van der Waals surface area contributed by atoms with Gasteiger partial charge in [-0.15, -0.1) is 0 Å². The molecule has 1 aromatic heterocycles. The first-order valence-electron chi connectivity index (χ1n) is 6.49. The van der Waals surface area contributed by atoms with Crippen molar-refractivity contribution in [2.45, 2.75) is 58.1 Å². The summed E-state index contributed by atoms with van der Waals surface area (Å²) in [7, 11) is 0. The normalized spacial score (nSPS) is 19.1. The lowest BCUT2D eigenvalue weighted by atomic mass is 9.98. The molecule has 1 heterocycles. The number of nitrogens with zero attached hydrogens (tertiary/aromatic N) is 2. The molecule has 0 aliphatic heterocycles. The van der Waals surface area contributed by atoms with Gasteiger partial charge in [0.05, 0.1) is 6.10 Å². The molecule has 0 amide bonds. The maximum absolute atomic E-state index is 10.2. The first kappa shape index (κ1) is 11.6. The van der Waals surface area contributed by atoms with Crippen molar-refractivity contribution in [2.75, 3.05) is 0 Å². The Balaban J connectivity index is 1.94. The van der Waals surface area contributed by atoms with Crippen LogP contribution in [-0.2, 0) is 13.0 Å². The van der Waals surface area contributed by atoms with E-state index >= 15 is 0 Å². The van der Waals surface area contributed by atoms with Crippen molar-refractivity contribution in [2.24, 2.45) is 5.92 Å².